The maximum Gasteiger partial charge on any atom is 0.161 e. The molecule has 0 aromatic carbocycles. The first-order valence-corrected chi connectivity index (χ1v) is 9.84. The molecule has 0 aliphatic carbocycles. The quantitative estimate of drug-likeness (QED) is 0.411. The van der Waals surface area contributed by atoms with Crippen LogP contribution in [0.25, 0.3) is 11.0 Å². The second-order valence-electron chi connectivity index (χ2n) is 6.20. The average Bonchev–Trinajstić information content (AvgIpc) is 2.85. The van der Waals surface area contributed by atoms with Crippen molar-refractivity contribution in [2.24, 2.45) is 7.05 Å². The maximum atomic E-state index is 14.1. The summed E-state index contributed by atoms with van der Waals surface area (Å²) >= 11 is 7.35. The van der Waals surface area contributed by atoms with E-state index in [9.17, 15) is 4.39 Å². The Bertz CT molecular complexity index is 761. The zero-order valence-electron chi connectivity index (χ0n) is 15.4. The molecule has 0 spiro atoms. The van der Waals surface area contributed by atoms with Gasteiger partial charge in [0.05, 0.1) is 11.2 Å². The van der Waals surface area contributed by atoms with Crippen molar-refractivity contribution in [3.05, 3.63) is 23.0 Å². The van der Waals surface area contributed by atoms with E-state index in [2.05, 4.69) is 16.5 Å². The molecule has 2 aromatic heterocycles. The van der Waals surface area contributed by atoms with Crippen LogP contribution in [-0.2, 0) is 13.5 Å². The van der Waals surface area contributed by atoms with Crippen LogP contribution in [0.5, 0.6) is 0 Å². The fraction of sp³-hybridized carbons (Fsp3) is 0.556. The zero-order chi connectivity index (χ0) is 18.7. The van der Waals surface area contributed by atoms with Crippen LogP contribution in [0.3, 0.4) is 0 Å². The number of rotatable bonds is 6. The lowest BCUT2D eigenvalue weighted by Crippen LogP contribution is -2.28. The minimum atomic E-state index is -0.908. The van der Waals surface area contributed by atoms with Crippen molar-refractivity contribution in [1.29, 1.82) is 5.41 Å². The summed E-state index contributed by atoms with van der Waals surface area (Å²) in [6, 6.07) is 3.72. The number of hydrogen-bond donors (Lipinski definition) is 1. The van der Waals surface area contributed by atoms with E-state index in [1.165, 1.54) is 11.8 Å². The van der Waals surface area contributed by atoms with Crippen molar-refractivity contribution < 1.29 is 4.39 Å². The molecule has 1 N–H and O–H groups in total. The number of thioether (sulfide) groups is 1. The molecular weight excluding hydrogens is 359 g/mol. The van der Waals surface area contributed by atoms with Crippen molar-refractivity contribution in [3.63, 3.8) is 0 Å². The minimum absolute atomic E-state index is 0.258. The predicted molar refractivity (Wildman–Crippen MR) is 108 cm³/mol. The number of aromatic nitrogens is 2. The van der Waals surface area contributed by atoms with Crippen LogP contribution in [0.15, 0.2) is 12.1 Å². The van der Waals surface area contributed by atoms with Crippen molar-refractivity contribution in [2.45, 2.75) is 51.5 Å². The molecule has 2 rings (SSSR count). The lowest BCUT2D eigenvalue weighted by atomic mass is 10.2. The Balaban J connectivity index is 2.36. The fourth-order valence-corrected chi connectivity index (χ4v) is 4.04. The topological polar surface area (TPSA) is 44.9 Å². The highest BCUT2D eigenvalue weighted by Crippen LogP contribution is 2.35. The number of amidine groups is 1. The van der Waals surface area contributed by atoms with Crippen LogP contribution in [-0.4, -0.2) is 33.2 Å². The Morgan fingerprint density at radius 2 is 2.12 bits per heavy atom. The summed E-state index contributed by atoms with van der Waals surface area (Å²) in [5, 5.41) is 8.93. The van der Waals surface area contributed by atoms with Crippen molar-refractivity contribution in [3.8, 4) is 0 Å². The molecule has 7 heteroatoms. The van der Waals surface area contributed by atoms with Crippen LogP contribution in [0.1, 0.15) is 39.3 Å². The molecule has 2 heterocycles. The van der Waals surface area contributed by atoms with Gasteiger partial charge in [-0.2, -0.15) is 0 Å². The van der Waals surface area contributed by atoms with Gasteiger partial charge in [-0.1, -0.05) is 50.6 Å². The normalized spacial score (nSPS) is 13.9. The summed E-state index contributed by atoms with van der Waals surface area (Å²) in [5.74, 6) is 0. The Hall–Kier alpha value is -1.27. The van der Waals surface area contributed by atoms with Gasteiger partial charge in [-0.3, -0.25) is 5.41 Å². The summed E-state index contributed by atoms with van der Waals surface area (Å²) in [7, 11) is 3.83. The predicted octanol–water partition coefficient (Wildman–Crippen LogP) is 5.42. The average molecular weight is 385 g/mol. The van der Waals surface area contributed by atoms with E-state index in [4.69, 9.17) is 17.0 Å². The molecule has 0 saturated heterocycles. The first-order chi connectivity index (χ1) is 11.8. The van der Waals surface area contributed by atoms with E-state index in [-0.39, 0.29) is 5.25 Å². The number of fused-ring (bicyclic) bond motifs is 1. The van der Waals surface area contributed by atoms with E-state index in [0.29, 0.717) is 16.7 Å². The molecule has 0 aliphatic heterocycles. The molecule has 0 amide bonds. The zero-order valence-corrected chi connectivity index (χ0v) is 17.0. The third kappa shape index (κ3) is 4.11. The number of halogens is 2. The van der Waals surface area contributed by atoms with Crippen molar-refractivity contribution >= 4 is 45.3 Å². The molecule has 0 radical (unpaired) electrons. The molecule has 1 unspecified atom stereocenters. The van der Waals surface area contributed by atoms with Gasteiger partial charge in [0.2, 0.25) is 0 Å². The number of alkyl halides is 1. The Labute approximate surface area is 158 Å². The van der Waals surface area contributed by atoms with E-state index in [1.807, 2.05) is 34.0 Å². The van der Waals surface area contributed by atoms with E-state index in [0.717, 1.165) is 35.3 Å². The molecule has 0 aliphatic rings. The third-order valence-corrected chi connectivity index (χ3v) is 5.82. The summed E-state index contributed by atoms with van der Waals surface area (Å²) < 4.78 is 16.2. The lowest BCUT2D eigenvalue weighted by molar-refractivity contribution is 0.311. The number of anilines is 1. The second-order valence-corrected chi connectivity index (χ2v) is 7.95. The van der Waals surface area contributed by atoms with Gasteiger partial charge in [0.1, 0.15) is 16.8 Å². The van der Waals surface area contributed by atoms with Gasteiger partial charge in [0, 0.05) is 25.0 Å². The molecule has 138 valence electrons. The first-order valence-electron chi connectivity index (χ1n) is 8.58. The summed E-state index contributed by atoms with van der Waals surface area (Å²) in [5.41, 5.74) is 3.70. The summed E-state index contributed by atoms with van der Waals surface area (Å²) in [6.45, 7) is 5.89. The number of nitrogens with one attached hydrogen (secondary N) is 1. The molecule has 4 nitrogen and oxygen atoms in total. The van der Waals surface area contributed by atoms with Crippen LogP contribution in [0.4, 0.5) is 10.1 Å². The Morgan fingerprint density at radius 3 is 2.72 bits per heavy atom. The molecule has 2 aromatic rings. The molecule has 2 atom stereocenters. The summed E-state index contributed by atoms with van der Waals surface area (Å²) in [6.07, 6.45) is 1.23. The standard InChI is InChI=1S/C18H26ClFN4S/c1-6-8-12(20)11(3)25-18(21)24(5)17-13(7-2)23(4)14-9-10-15(19)22-16(14)17/h9-12,21H,6-8H2,1-5H3/t11?,12-/m1/s1. The largest absolute Gasteiger partial charge is 0.344 e. The number of pyridine rings is 1. The first kappa shape index (κ1) is 20.0. The number of hydrogen-bond acceptors (Lipinski definition) is 3. The van der Waals surface area contributed by atoms with Gasteiger partial charge in [-0.05, 0) is 25.0 Å². The second kappa shape index (κ2) is 8.41. The van der Waals surface area contributed by atoms with Crippen LogP contribution >= 0.6 is 23.4 Å². The third-order valence-electron chi connectivity index (χ3n) is 4.45. The van der Waals surface area contributed by atoms with Gasteiger partial charge >= 0.3 is 0 Å². The highest BCUT2D eigenvalue weighted by atomic mass is 35.5. The molecule has 0 fully saturated rings. The van der Waals surface area contributed by atoms with Gasteiger partial charge in [0.15, 0.2) is 5.17 Å². The van der Waals surface area contributed by atoms with E-state index < -0.39 is 6.17 Å². The fourth-order valence-electron chi connectivity index (χ4n) is 3.01. The maximum absolute atomic E-state index is 14.1. The highest BCUT2D eigenvalue weighted by molar-refractivity contribution is 8.14. The molecule has 25 heavy (non-hydrogen) atoms. The van der Waals surface area contributed by atoms with Gasteiger partial charge < -0.3 is 9.47 Å². The van der Waals surface area contributed by atoms with Crippen LogP contribution < -0.4 is 4.90 Å². The van der Waals surface area contributed by atoms with E-state index in [1.54, 1.807) is 11.0 Å². The Morgan fingerprint density at radius 1 is 1.44 bits per heavy atom. The Kier molecular flexibility index (Phi) is 6.74. The molecule has 0 bridgehead atoms. The van der Waals surface area contributed by atoms with Crippen molar-refractivity contribution in [2.75, 3.05) is 11.9 Å². The lowest BCUT2D eigenvalue weighted by Gasteiger charge is -2.24. The van der Waals surface area contributed by atoms with Gasteiger partial charge in [0.25, 0.3) is 0 Å². The van der Waals surface area contributed by atoms with Crippen molar-refractivity contribution in [1.82, 2.24) is 9.55 Å². The minimum Gasteiger partial charge on any atom is -0.344 e. The molecule has 0 saturated carbocycles. The number of aryl methyl sites for hydroxylation is 1. The van der Waals surface area contributed by atoms with Crippen LogP contribution in [0.2, 0.25) is 5.15 Å². The highest BCUT2D eigenvalue weighted by Gasteiger charge is 2.24. The number of nitrogens with zero attached hydrogens (tertiary/aromatic N) is 3. The SMILES string of the molecule is CCC[C@@H](F)C(C)SC(=N)N(C)c1c(CC)n(C)c2ccc(Cl)nc12. The van der Waals surface area contributed by atoms with Gasteiger partial charge in [-0.15, -0.1) is 0 Å². The monoisotopic (exact) mass is 384 g/mol. The summed E-state index contributed by atoms with van der Waals surface area (Å²) in [4.78, 5) is 6.27. The van der Waals surface area contributed by atoms with E-state index >= 15 is 0 Å². The smallest absolute Gasteiger partial charge is 0.161 e. The van der Waals surface area contributed by atoms with Crippen LogP contribution in [0, 0.1) is 5.41 Å². The van der Waals surface area contributed by atoms with Gasteiger partial charge in [-0.25, -0.2) is 9.37 Å². The molecular formula is C18H26ClFN4S.